The van der Waals surface area contributed by atoms with Gasteiger partial charge in [0.2, 0.25) is 0 Å². The number of nitrogens with one attached hydrogen (secondary N) is 1. The summed E-state index contributed by atoms with van der Waals surface area (Å²) in [5.41, 5.74) is 4.92. The molecule has 5 rings (SSSR count). The second-order valence-electron chi connectivity index (χ2n) is 7.11. The monoisotopic (exact) mass is 359 g/mol. The van der Waals surface area contributed by atoms with E-state index >= 15 is 0 Å². The molecule has 0 aliphatic carbocycles. The van der Waals surface area contributed by atoms with Gasteiger partial charge < -0.3 is 14.6 Å². The van der Waals surface area contributed by atoms with Crippen LogP contribution in [0.2, 0.25) is 0 Å². The van der Waals surface area contributed by atoms with Crippen LogP contribution in [-0.4, -0.2) is 45.7 Å². The number of pyridine rings is 1. The molecule has 4 heterocycles. The number of nitrogens with zero attached hydrogens (tertiary/aromatic N) is 4. The summed E-state index contributed by atoms with van der Waals surface area (Å²) >= 11 is 0. The van der Waals surface area contributed by atoms with Gasteiger partial charge in [0.05, 0.1) is 24.8 Å². The molecule has 27 heavy (non-hydrogen) atoms. The number of anilines is 1. The zero-order valence-electron chi connectivity index (χ0n) is 15.4. The van der Waals surface area contributed by atoms with Crippen molar-refractivity contribution >= 4 is 27.8 Å². The number of morpholine rings is 1. The van der Waals surface area contributed by atoms with Crippen molar-refractivity contribution in [1.29, 1.82) is 0 Å². The van der Waals surface area contributed by atoms with Gasteiger partial charge in [-0.2, -0.15) is 0 Å². The Morgan fingerprint density at radius 1 is 1.22 bits per heavy atom. The Labute approximate surface area is 157 Å². The molecule has 1 aliphatic rings. The zero-order valence-corrected chi connectivity index (χ0v) is 15.4. The number of rotatable bonds is 2. The Morgan fingerprint density at radius 3 is 3.04 bits per heavy atom. The number of hydrogen-bond donors (Lipinski definition) is 1. The van der Waals surface area contributed by atoms with Crippen LogP contribution in [0.25, 0.3) is 33.3 Å². The lowest BCUT2D eigenvalue weighted by atomic mass is 10.1. The molecule has 0 bridgehead atoms. The van der Waals surface area contributed by atoms with Crippen LogP contribution in [0.1, 0.15) is 12.5 Å². The van der Waals surface area contributed by atoms with Gasteiger partial charge in [-0.3, -0.25) is 4.98 Å². The maximum Gasteiger partial charge on any atom is 0.162 e. The lowest BCUT2D eigenvalue weighted by Gasteiger charge is -2.34. The number of ether oxygens (including phenoxy) is 1. The van der Waals surface area contributed by atoms with E-state index in [0.717, 1.165) is 51.3 Å². The lowest BCUT2D eigenvalue weighted by molar-refractivity contribution is 0.0987. The van der Waals surface area contributed by atoms with Gasteiger partial charge in [0.15, 0.2) is 11.6 Å². The van der Waals surface area contributed by atoms with E-state index in [1.165, 1.54) is 0 Å². The molecule has 6 heteroatoms. The Balaban J connectivity index is 1.77. The Kier molecular flexibility index (Phi) is 3.79. The minimum absolute atomic E-state index is 0.246. The molecule has 3 aromatic heterocycles. The van der Waals surface area contributed by atoms with Gasteiger partial charge >= 0.3 is 0 Å². The molecule has 1 aromatic carbocycles. The van der Waals surface area contributed by atoms with Crippen molar-refractivity contribution in [2.45, 2.75) is 19.9 Å². The van der Waals surface area contributed by atoms with Gasteiger partial charge in [0.25, 0.3) is 0 Å². The van der Waals surface area contributed by atoms with E-state index in [0.29, 0.717) is 13.2 Å². The molecule has 4 aromatic rings. The summed E-state index contributed by atoms with van der Waals surface area (Å²) in [7, 11) is 0. The van der Waals surface area contributed by atoms with Gasteiger partial charge in [-0.1, -0.05) is 12.1 Å². The molecule has 0 radical (unpaired) electrons. The summed E-state index contributed by atoms with van der Waals surface area (Å²) in [5, 5.41) is 1.12. The van der Waals surface area contributed by atoms with Crippen molar-refractivity contribution in [3.8, 4) is 11.4 Å². The van der Waals surface area contributed by atoms with Crippen LogP contribution in [0.5, 0.6) is 0 Å². The summed E-state index contributed by atoms with van der Waals surface area (Å²) in [6.45, 7) is 6.40. The summed E-state index contributed by atoms with van der Waals surface area (Å²) in [6.07, 6.45) is 3.83. The van der Waals surface area contributed by atoms with Crippen LogP contribution in [0, 0.1) is 6.92 Å². The van der Waals surface area contributed by atoms with E-state index < -0.39 is 0 Å². The first-order valence-electron chi connectivity index (χ1n) is 9.26. The molecule has 6 nitrogen and oxygen atoms in total. The third-order valence-corrected chi connectivity index (χ3v) is 5.13. The van der Waals surface area contributed by atoms with Gasteiger partial charge in [0, 0.05) is 35.4 Å². The van der Waals surface area contributed by atoms with Gasteiger partial charge in [-0.25, -0.2) is 9.97 Å². The van der Waals surface area contributed by atoms with Crippen molar-refractivity contribution in [2.24, 2.45) is 0 Å². The van der Waals surface area contributed by atoms with Crippen LogP contribution in [0.4, 0.5) is 5.82 Å². The first-order valence-corrected chi connectivity index (χ1v) is 9.26. The van der Waals surface area contributed by atoms with Crippen LogP contribution in [0.3, 0.4) is 0 Å². The number of H-pyrrole nitrogens is 1. The molecule has 0 saturated carbocycles. The fourth-order valence-corrected chi connectivity index (χ4v) is 3.75. The molecule has 0 spiro atoms. The summed E-state index contributed by atoms with van der Waals surface area (Å²) in [4.78, 5) is 20.1. The van der Waals surface area contributed by atoms with Crippen LogP contribution in [0.15, 0.2) is 42.7 Å². The molecule has 0 unspecified atom stereocenters. The van der Waals surface area contributed by atoms with Crippen molar-refractivity contribution in [3.63, 3.8) is 0 Å². The Morgan fingerprint density at radius 2 is 2.15 bits per heavy atom. The SMILES string of the molecule is Cc1cnc2c(N3CCOC[C@H]3C)nc(-c3cccc4[nH]ccc34)nc2c1. The minimum atomic E-state index is 0.246. The fraction of sp³-hybridized carbons (Fsp3) is 0.286. The maximum absolute atomic E-state index is 5.62. The number of aromatic nitrogens is 4. The van der Waals surface area contributed by atoms with Gasteiger partial charge in [0.1, 0.15) is 5.52 Å². The van der Waals surface area contributed by atoms with Crippen LogP contribution in [-0.2, 0) is 4.74 Å². The van der Waals surface area contributed by atoms with Crippen molar-refractivity contribution < 1.29 is 4.74 Å². The average molecular weight is 359 g/mol. The third-order valence-electron chi connectivity index (χ3n) is 5.13. The highest BCUT2D eigenvalue weighted by Crippen LogP contribution is 2.31. The molecule has 0 amide bonds. The van der Waals surface area contributed by atoms with Crippen LogP contribution < -0.4 is 4.90 Å². The first-order chi connectivity index (χ1) is 13.2. The zero-order chi connectivity index (χ0) is 18.4. The summed E-state index contributed by atoms with van der Waals surface area (Å²) in [5.74, 6) is 1.62. The molecule has 1 N–H and O–H groups in total. The second-order valence-corrected chi connectivity index (χ2v) is 7.11. The van der Waals surface area contributed by atoms with Crippen LogP contribution >= 0.6 is 0 Å². The predicted octanol–water partition coefficient (Wildman–Crippen LogP) is 3.71. The van der Waals surface area contributed by atoms with E-state index in [1.807, 2.05) is 25.4 Å². The normalized spacial score (nSPS) is 17.7. The average Bonchev–Trinajstić information content (AvgIpc) is 3.16. The second kappa shape index (κ2) is 6.32. The predicted molar refractivity (Wildman–Crippen MR) is 107 cm³/mol. The van der Waals surface area contributed by atoms with Crippen molar-refractivity contribution in [3.05, 3.63) is 48.3 Å². The van der Waals surface area contributed by atoms with E-state index in [4.69, 9.17) is 14.7 Å². The number of aryl methyl sites for hydroxylation is 1. The number of fused-ring (bicyclic) bond motifs is 2. The number of benzene rings is 1. The fourth-order valence-electron chi connectivity index (χ4n) is 3.75. The quantitative estimate of drug-likeness (QED) is 0.591. The summed E-state index contributed by atoms with van der Waals surface area (Å²) in [6, 6.07) is 10.6. The molecule has 1 aliphatic heterocycles. The first kappa shape index (κ1) is 16.2. The topological polar surface area (TPSA) is 66.9 Å². The van der Waals surface area contributed by atoms with Gasteiger partial charge in [-0.05, 0) is 37.6 Å². The highest BCUT2D eigenvalue weighted by atomic mass is 16.5. The maximum atomic E-state index is 5.62. The lowest BCUT2D eigenvalue weighted by Crippen LogP contribution is -2.44. The molecule has 1 atom stereocenters. The molecular weight excluding hydrogens is 338 g/mol. The molecule has 1 fully saturated rings. The molecule has 1 saturated heterocycles. The van der Waals surface area contributed by atoms with Gasteiger partial charge in [-0.15, -0.1) is 0 Å². The molecular formula is C21H21N5O. The number of aromatic amines is 1. The smallest absolute Gasteiger partial charge is 0.162 e. The highest BCUT2D eigenvalue weighted by Gasteiger charge is 2.24. The van der Waals surface area contributed by atoms with E-state index in [2.05, 4.69) is 46.1 Å². The van der Waals surface area contributed by atoms with E-state index in [1.54, 1.807) is 0 Å². The standard InChI is InChI=1S/C21H21N5O/c1-13-10-18-19(23-11-13)21(26-8-9-27-12-14(26)2)25-20(24-18)16-4-3-5-17-15(16)6-7-22-17/h3-7,10-11,14,22H,8-9,12H2,1-2H3/t14-/m1/s1. The minimum Gasteiger partial charge on any atom is -0.377 e. The van der Waals surface area contributed by atoms with Crippen molar-refractivity contribution in [2.75, 3.05) is 24.7 Å². The summed E-state index contributed by atoms with van der Waals surface area (Å²) < 4.78 is 5.62. The molecule has 136 valence electrons. The van der Waals surface area contributed by atoms with E-state index in [9.17, 15) is 0 Å². The van der Waals surface area contributed by atoms with E-state index in [-0.39, 0.29) is 6.04 Å². The number of hydrogen-bond acceptors (Lipinski definition) is 5. The highest BCUT2D eigenvalue weighted by molar-refractivity contribution is 5.95. The van der Waals surface area contributed by atoms with Crippen molar-refractivity contribution in [1.82, 2.24) is 19.9 Å². The largest absolute Gasteiger partial charge is 0.377 e. The third kappa shape index (κ3) is 2.73. The Bertz CT molecular complexity index is 1140. The Hall–Kier alpha value is -2.99.